The number of anilines is 1. The number of benzene rings is 2. The van der Waals surface area contributed by atoms with Crippen LogP contribution < -0.4 is 15.4 Å². The van der Waals surface area contributed by atoms with Crippen LogP contribution in [0.3, 0.4) is 0 Å². The van der Waals surface area contributed by atoms with E-state index in [1.807, 2.05) is 48.5 Å². The Morgan fingerprint density at radius 1 is 1.05 bits per heavy atom. The summed E-state index contributed by atoms with van der Waals surface area (Å²) in [6.07, 6.45) is -0.221. The molecular weight excluding hydrogens is 276 g/mol. The van der Waals surface area contributed by atoms with Crippen molar-refractivity contribution in [1.82, 2.24) is 5.32 Å². The topological polar surface area (TPSA) is 50.4 Å². The van der Waals surface area contributed by atoms with Crippen LogP contribution in [0.25, 0.3) is 0 Å². The highest BCUT2D eigenvalue weighted by Crippen LogP contribution is 2.27. The van der Waals surface area contributed by atoms with Crippen molar-refractivity contribution in [2.45, 2.75) is 20.0 Å². The van der Waals surface area contributed by atoms with Crippen LogP contribution in [0.2, 0.25) is 0 Å². The Morgan fingerprint density at radius 2 is 1.77 bits per heavy atom. The number of carbonyl (C=O) groups excluding carboxylic acids is 1. The molecule has 0 aliphatic carbocycles. The van der Waals surface area contributed by atoms with Crippen LogP contribution in [0.5, 0.6) is 5.75 Å². The van der Waals surface area contributed by atoms with E-state index in [9.17, 15) is 4.79 Å². The third-order valence-corrected chi connectivity index (χ3v) is 3.54. The van der Waals surface area contributed by atoms with Crippen molar-refractivity contribution in [2.75, 3.05) is 11.9 Å². The molecule has 4 nitrogen and oxygen atoms in total. The van der Waals surface area contributed by atoms with E-state index < -0.39 is 0 Å². The molecule has 0 saturated carbocycles. The fourth-order valence-corrected chi connectivity index (χ4v) is 2.39. The average molecular weight is 296 g/mol. The molecule has 1 aliphatic rings. The van der Waals surface area contributed by atoms with Gasteiger partial charge in [0.1, 0.15) is 11.9 Å². The van der Waals surface area contributed by atoms with Crippen LogP contribution in [-0.2, 0) is 0 Å². The van der Waals surface area contributed by atoms with Gasteiger partial charge in [-0.1, -0.05) is 38.1 Å². The smallest absolute Gasteiger partial charge is 0.255 e. The van der Waals surface area contributed by atoms with Gasteiger partial charge in [0.15, 0.2) is 0 Å². The summed E-state index contributed by atoms with van der Waals surface area (Å²) in [7, 11) is 0. The molecule has 2 aromatic carbocycles. The minimum absolute atomic E-state index is 0.0560. The number of para-hydroxylation sites is 1. The van der Waals surface area contributed by atoms with E-state index in [0.29, 0.717) is 18.1 Å². The molecule has 0 radical (unpaired) electrons. The Kier molecular flexibility index (Phi) is 4.00. The molecule has 0 unspecified atom stereocenters. The molecule has 0 fully saturated rings. The SMILES string of the molecule is CC(C)COc1ccc([C@H]2NC(=O)c3ccccc3N2)cc1. The number of hydrogen-bond donors (Lipinski definition) is 2. The Balaban J connectivity index is 1.74. The quantitative estimate of drug-likeness (QED) is 0.906. The van der Waals surface area contributed by atoms with E-state index in [0.717, 1.165) is 17.0 Å². The highest BCUT2D eigenvalue weighted by atomic mass is 16.5. The summed E-state index contributed by atoms with van der Waals surface area (Å²) >= 11 is 0. The predicted octanol–water partition coefficient (Wildman–Crippen LogP) is 3.58. The maximum Gasteiger partial charge on any atom is 0.255 e. The lowest BCUT2D eigenvalue weighted by molar-refractivity contribution is 0.0935. The molecule has 4 heteroatoms. The maximum atomic E-state index is 12.1. The molecule has 1 amide bonds. The summed E-state index contributed by atoms with van der Waals surface area (Å²) in [5.41, 5.74) is 2.53. The van der Waals surface area contributed by atoms with E-state index in [1.54, 1.807) is 0 Å². The first-order chi connectivity index (χ1) is 10.6. The fourth-order valence-electron chi connectivity index (χ4n) is 2.39. The van der Waals surface area contributed by atoms with Gasteiger partial charge in [-0.25, -0.2) is 0 Å². The summed E-state index contributed by atoms with van der Waals surface area (Å²) in [6, 6.07) is 15.3. The van der Waals surface area contributed by atoms with Crippen molar-refractivity contribution in [3.8, 4) is 5.75 Å². The first kappa shape index (κ1) is 14.4. The third kappa shape index (κ3) is 3.06. The van der Waals surface area contributed by atoms with E-state index in [4.69, 9.17) is 4.74 Å². The number of nitrogens with one attached hydrogen (secondary N) is 2. The Bertz CT molecular complexity index is 665. The van der Waals surface area contributed by atoms with Gasteiger partial charge in [0.25, 0.3) is 5.91 Å². The summed E-state index contributed by atoms with van der Waals surface area (Å²) in [6.45, 7) is 4.94. The minimum Gasteiger partial charge on any atom is -0.493 e. The highest BCUT2D eigenvalue weighted by Gasteiger charge is 2.23. The Hall–Kier alpha value is -2.49. The molecule has 3 rings (SSSR count). The van der Waals surface area contributed by atoms with Crippen LogP contribution in [-0.4, -0.2) is 12.5 Å². The molecule has 1 heterocycles. The van der Waals surface area contributed by atoms with E-state index in [-0.39, 0.29) is 12.1 Å². The van der Waals surface area contributed by atoms with E-state index in [1.165, 1.54) is 0 Å². The molecule has 2 aromatic rings. The predicted molar refractivity (Wildman–Crippen MR) is 87.0 cm³/mol. The second-order valence-electron chi connectivity index (χ2n) is 5.87. The van der Waals surface area contributed by atoms with Gasteiger partial charge in [-0.05, 0) is 35.7 Å². The lowest BCUT2D eigenvalue weighted by Gasteiger charge is -2.28. The van der Waals surface area contributed by atoms with Gasteiger partial charge in [0, 0.05) is 5.69 Å². The molecule has 1 atom stereocenters. The molecule has 2 N–H and O–H groups in total. The standard InChI is InChI=1S/C18H20N2O2/c1-12(2)11-22-14-9-7-13(8-10-14)17-19-16-6-4-3-5-15(16)18(21)20-17/h3-10,12,17,19H,11H2,1-2H3,(H,20,21)/t17-/m1/s1. The molecule has 114 valence electrons. The van der Waals surface area contributed by atoms with Gasteiger partial charge in [0.05, 0.1) is 12.2 Å². The van der Waals surface area contributed by atoms with Crippen LogP contribution in [0.15, 0.2) is 48.5 Å². The second kappa shape index (κ2) is 6.10. The molecular formula is C18H20N2O2. The zero-order chi connectivity index (χ0) is 15.5. The summed E-state index contributed by atoms with van der Waals surface area (Å²) in [4.78, 5) is 12.1. The van der Waals surface area contributed by atoms with E-state index in [2.05, 4.69) is 24.5 Å². The number of amides is 1. The first-order valence-electron chi connectivity index (χ1n) is 7.52. The molecule has 0 aromatic heterocycles. The van der Waals surface area contributed by atoms with Crippen molar-refractivity contribution in [2.24, 2.45) is 5.92 Å². The third-order valence-electron chi connectivity index (χ3n) is 3.54. The molecule has 22 heavy (non-hydrogen) atoms. The molecule has 0 spiro atoms. The van der Waals surface area contributed by atoms with Crippen LogP contribution in [0, 0.1) is 5.92 Å². The van der Waals surface area contributed by atoms with Crippen molar-refractivity contribution >= 4 is 11.6 Å². The van der Waals surface area contributed by atoms with Crippen LogP contribution in [0.4, 0.5) is 5.69 Å². The van der Waals surface area contributed by atoms with Crippen LogP contribution in [0.1, 0.15) is 35.9 Å². The minimum atomic E-state index is -0.221. The average Bonchev–Trinajstić information content (AvgIpc) is 2.53. The fraction of sp³-hybridized carbons (Fsp3) is 0.278. The van der Waals surface area contributed by atoms with Crippen molar-refractivity contribution in [3.63, 3.8) is 0 Å². The largest absolute Gasteiger partial charge is 0.493 e. The lowest BCUT2D eigenvalue weighted by Crippen LogP contribution is -2.38. The lowest BCUT2D eigenvalue weighted by atomic mass is 10.1. The van der Waals surface area contributed by atoms with Gasteiger partial charge in [-0.3, -0.25) is 4.79 Å². The Morgan fingerprint density at radius 3 is 2.50 bits per heavy atom. The van der Waals surface area contributed by atoms with Gasteiger partial charge in [-0.15, -0.1) is 0 Å². The summed E-state index contributed by atoms with van der Waals surface area (Å²) in [5, 5.41) is 6.31. The molecule has 0 bridgehead atoms. The molecule has 1 aliphatic heterocycles. The van der Waals surface area contributed by atoms with Crippen LogP contribution >= 0.6 is 0 Å². The second-order valence-corrected chi connectivity index (χ2v) is 5.87. The van der Waals surface area contributed by atoms with Crippen molar-refractivity contribution in [1.29, 1.82) is 0 Å². The number of rotatable bonds is 4. The summed E-state index contributed by atoms with van der Waals surface area (Å²) < 4.78 is 5.68. The number of ether oxygens (including phenoxy) is 1. The highest BCUT2D eigenvalue weighted by molar-refractivity contribution is 6.01. The summed E-state index contributed by atoms with van der Waals surface area (Å²) in [5.74, 6) is 1.29. The maximum absolute atomic E-state index is 12.1. The van der Waals surface area contributed by atoms with Gasteiger partial charge >= 0.3 is 0 Å². The molecule has 0 saturated heterocycles. The van der Waals surface area contributed by atoms with Crippen molar-refractivity contribution < 1.29 is 9.53 Å². The number of carbonyl (C=O) groups is 1. The number of hydrogen-bond acceptors (Lipinski definition) is 3. The van der Waals surface area contributed by atoms with Crippen molar-refractivity contribution in [3.05, 3.63) is 59.7 Å². The van der Waals surface area contributed by atoms with Gasteiger partial charge < -0.3 is 15.4 Å². The Labute approximate surface area is 130 Å². The normalized spacial score (nSPS) is 16.7. The van der Waals surface area contributed by atoms with Gasteiger partial charge in [0.2, 0.25) is 0 Å². The number of fused-ring (bicyclic) bond motifs is 1. The van der Waals surface area contributed by atoms with Gasteiger partial charge in [-0.2, -0.15) is 0 Å². The monoisotopic (exact) mass is 296 g/mol. The zero-order valence-corrected chi connectivity index (χ0v) is 12.8. The first-order valence-corrected chi connectivity index (χ1v) is 7.52. The van der Waals surface area contributed by atoms with E-state index >= 15 is 0 Å². The zero-order valence-electron chi connectivity index (χ0n) is 12.8.